The van der Waals surface area contributed by atoms with Gasteiger partial charge < -0.3 is 14.6 Å². The Morgan fingerprint density at radius 2 is 1.88 bits per heavy atom. The normalized spacial score (nSPS) is 28.2. The predicted molar refractivity (Wildman–Crippen MR) is 57.8 cm³/mol. The zero-order valence-electron chi connectivity index (χ0n) is 9.99. The van der Waals surface area contributed by atoms with Gasteiger partial charge in [-0.1, -0.05) is 6.92 Å². The molecule has 0 spiro atoms. The molecule has 2 rings (SSSR count). The summed E-state index contributed by atoms with van der Waals surface area (Å²) in [5.74, 6) is -0.495. The van der Waals surface area contributed by atoms with E-state index in [4.69, 9.17) is 4.74 Å². The highest BCUT2D eigenvalue weighted by Gasteiger charge is 2.63. The first-order valence-corrected chi connectivity index (χ1v) is 5.89. The van der Waals surface area contributed by atoms with Crippen LogP contribution in [0, 0.1) is 10.8 Å². The number of ether oxygens (including phenoxy) is 2. The van der Waals surface area contributed by atoms with E-state index >= 15 is 0 Å². The lowest BCUT2D eigenvalue weighted by atomic mass is 9.66. The SMILES string of the molecule is COC(=O)C(O)C1(C2(C)CCOCC2)CC1. The van der Waals surface area contributed by atoms with Crippen LogP contribution in [-0.4, -0.2) is 37.5 Å². The average Bonchev–Trinajstić information content (AvgIpc) is 3.09. The maximum atomic E-state index is 11.5. The molecule has 1 atom stereocenters. The van der Waals surface area contributed by atoms with Gasteiger partial charge >= 0.3 is 5.97 Å². The van der Waals surface area contributed by atoms with E-state index in [1.807, 2.05) is 0 Å². The largest absolute Gasteiger partial charge is 0.467 e. The number of hydrogen-bond donors (Lipinski definition) is 1. The fourth-order valence-electron chi connectivity index (χ4n) is 3.00. The third-order valence-electron chi connectivity index (χ3n) is 4.53. The van der Waals surface area contributed by atoms with Crippen molar-refractivity contribution in [3.63, 3.8) is 0 Å². The minimum absolute atomic E-state index is 0.0128. The van der Waals surface area contributed by atoms with E-state index in [1.165, 1.54) is 7.11 Å². The molecule has 16 heavy (non-hydrogen) atoms. The molecular weight excluding hydrogens is 208 g/mol. The lowest BCUT2D eigenvalue weighted by Crippen LogP contribution is -2.45. The molecule has 1 saturated heterocycles. The smallest absolute Gasteiger partial charge is 0.335 e. The molecule has 0 radical (unpaired) electrons. The first-order valence-electron chi connectivity index (χ1n) is 5.89. The highest BCUT2D eigenvalue weighted by molar-refractivity contribution is 5.76. The van der Waals surface area contributed by atoms with Crippen LogP contribution < -0.4 is 0 Å². The summed E-state index contributed by atoms with van der Waals surface area (Å²) in [6, 6.07) is 0. The van der Waals surface area contributed by atoms with Gasteiger partial charge in [-0.05, 0) is 31.1 Å². The number of carbonyl (C=O) groups excluding carboxylic acids is 1. The fourth-order valence-corrected chi connectivity index (χ4v) is 3.00. The number of methoxy groups -OCH3 is 1. The van der Waals surface area contributed by atoms with Gasteiger partial charge in [0.25, 0.3) is 0 Å². The molecule has 1 heterocycles. The van der Waals surface area contributed by atoms with Crippen molar-refractivity contribution in [1.82, 2.24) is 0 Å². The molecule has 1 N–H and O–H groups in total. The van der Waals surface area contributed by atoms with Crippen molar-refractivity contribution in [2.24, 2.45) is 10.8 Å². The van der Waals surface area contributed by atoms with Crippen LogP contribution in [0.5, 0.6) is 0 Å². The Hall–Kier alpha value is -0.610. The Morgan fingerprint density at radius 1 is 1.31 bits per heavy atom. The van der Waals surface area contributed by atoms with Crippen molar-refractivity contribution in [3.8, 4) is 0 Å². The third kappa shape index (κ3) is 1.64. The van der Waals surface area contributed by atoms with E-state index in [-0.39, 0.29) is 10.8 Å². The summed E-state index contributed by atoms with van der Waals surface area (Å²) < 4.78 is 10.0. The van der Waals surface area contributed by atoms with Crippen molar-refractivity contribution in [2.45, 2.75) is 38.7 Å². The summed E-state index contributed by atoms with van der Waals surface area (Å²) in [7, 11) is 1.33. The first-order chi connectivity index (χ1) is 7.56. The summed E-state index contributed by atoms with van der Waals surface area (Å²) in [6.07, 6.45) is 2.70. The predicted octanol–water partition coefficient (Wildman–Crippen LogP) is 1.12. The van der Waals surface area contributed by atoms with Crippen LogP contribution >= 0.6 is 0 Å². The molecule has 4 heteroatoms. The zero-order chi connectivity index (χ0) is 11.8. The van der Waals surface area contributed by atoms with Crippen LogP contribution in [0.2, 0.25) is 0 Å². The van der Waals surface area contributed by atoms with Gasteiger partial charge in [-0.3, -0.25) is 0 Å². The lowest BCUT2D eigenvalue weighted by molar-refractivity contribution is -0.161. The number of hydrogen-bond acceptors (Lipinski definition) is 4. The second kappa shape index (κ2) is 4.00. The zero-order valence-corrected chi connectivity index (χ0v) is 9.99. The van der Waals surface area contributed by atoms with E-state index in [1.54, 1.807) is 0 Å². The molecule has 1 aliphatic carbocycles. The molecule has 0 aromatic rings. The molecule has 4 nitrogen and oxygen atoms in total. The molecule has 2 aliphatic rings. The number of carbonyl (C=O) groups is 1. The van der Waals surface area contributed by atoms with Gasteiger partial charge in [0.15, 0.2) is 6.10 Å². The molecular formula is C12H20O4. The highest BCUT2D eigenvalue weighted by atomic mass is 16.5. The van der Waals surface area contributed by atoms with Crippen LogP contribution in [0.1, 0.15) is 32.6 Å². The van der Waals surface area contributed by atoms with Crippen LogP contribution in [0.3, 0.4) is 0 Å². The molecule has 1 unspecified atom stereocenters. The molecule has 92 valence electrons. The summed E-state index contributed by atoms with van der Waals surface area (Å²) in [6.45, 7) is 3.62. The van der Waals surface area contributed by atoms with Crippen LogP contribution in [0.15, 0.2) is 0 Å². The van der Waals surface area contributed by atoms with Gasteiger partial charge in [0.2, 0.25) is 0 Å². The van der Waals surface area contributed by atoms with Crippen LogP contribution in [0.4, 0.5) is 0 Å². The van der Waals surface area contributed by atoms with Crippen molar-refractivity contribution in [3.05, 3.63) is 0 Å². The Balaban J connectivity index is 2.15. The Bertz CT molecular complexity index is 277. The number of aliphatic hydroxyl groups is 1. The summed E-state index contributed by atoms with van der Waals surface area (Å²) in [5.41, 5.74) is -0.247. The Morgan fingerprint density at radius 3 is 2.31 bits per heavy atom. The van der Waals surface area contributed by atoms with Gasteiger partial charge in [-0.25, -0.2) is 4.79 Å². The molecule has 0 bridgehead atoms. The summed E-state index contributed by atoms with van der Waals surface area (Å²) in [4.78, 5) is 11.5. The second-order valence-electron chi connectivity index (χ2n) is 5.25. The molecule has 0 aromatic carbocycles. The summed E-state index contributed by atoms with van der Waals surface area (Å²) >= 11 is 0. The first kappa shape index (κ1) is 11.9. The number of rotatable bonds is 3. The molecule has 0 amide bonds. The van der Waals surface area contributed by atoms with E-state index in [9.17, 15) is 9.90 Å². The molecule has 1 aliphatic heterocycles. The standard InChI is InChI=1S/C12H20O4/c1-11(5-7-16-8-6-11)12(3-4-12)9(13)10(14)15-2/h9,13H,3-8H2,1-2H3. The lowest BCUT2D eigenvalue weighted by Gasteiger charge is -2.42. The van der Waals surface area contributed by atoms with Crippen molar-refractivity contribution < 1.29 is 19.4 Å². The number of esters is 1. The van der Waals surface area contributed by atoms with Crippen LogP contribution in [0.25, 0.3) is 0 Å². The fraction of sp³-hybridized carbons (Fsp3) is 0.917. The van der Waals surface area contributed by atoms with Gasteiger partial charge in [-0.2, -0.15) is 0 Å². The maximum Gasteiger partial charge on any atom is 0.335 e. The maximum absolute atomic E-state index is 11.5. The topological polar surface area (TPSA) is 55.8 Å². The second-order valence-corrected chi connectivity index (χ2v) is 5.25. The minimum Gasteiger partial charge on any atom is -0.467 e. The number of aliphatic hydroxyl groups excluding tert-OH is 1. The van der Waals surface area contributed by atoms with Gasteiger partial charge in [0, 0.05) is 18.6 Å². The van der Waals surface area contributed by atoms with Crippen molar-refractivity contribution in [2.75, 3.05) is 20.3 Å². The monoisotopic (exact) mass is 228 g/mol. The minimum atomic E-state index is -0.972. The van der Waals surface area contributed by atoms with E-state index < -0.39 is 12.1 Å². The highest BCUT2D eigenvalue weighted by Crippen LogP contribution is 2.64. The molecule has 0 aromatic heterocycles. The Kier molecular flexibility index (Phi) is 2.97. The average molecular weight is 228 g/mol. The van der Waals surface area contributed by atoms with Crippen LogP contribution in [-0.2, 0) is 14.3 Å². The van der Waals surface area contributed by atoms with Crippen molar-refractivity contribution in [1.29, 1.82) is 0 Å². The van der Waals surface area contributed by atoms with E-state index in [0.717, 1.165) is 38.9 Å². The molecule has 2 fully saturated rings. The van der Waals surface area contributed by atoms with Gasteiger partial charge in [-0.15, -0.1) is 0 Å². The quantitative estimate of drug-likeness (QED) is 0.735. The van der Waals surface area contributed by atoms with Gasteiger partial charge in [0.1, 0.15) is 0 Å². The van der Waals surface area contributed by atoms with E-state index in [0.29, 0.717) is 0 Å². The summed E-state index contributed by atoms with van der Waals surface area (Å²) in [5, 5.41) is 10.1. The van der Waals surface area contributed by atoms with E-state index in [2.05, 4.69) is 11.7 Å². The van der Waals surface area contributed by atoms with Gasteiger partial charge in [0.05, 0.1) is 7.11 Å². The molecule has 1 saturated carbocycles. The third-order valence-corrected chi connectivity index (χ3v) is 4.53. The Labute approximate surface area is 95.9 Å². The van der Waals surface area contributed by atoms with Crippen molar-refractivity contribution >= 4 is 5.97 Å².